The standard InChI is InChI=1S/C54H38N4O/c1-5-17-37(18-6-1)42(40-30-32-48-45(35-40)43-25-13-15-27-47(43)58(48)41-23-11-4-12-24-41)31-29-36-33-46(51-44-26-14-16-28-49(44)59-50(51)34-36)54-56-52(38-19-7-2-8-20-38)55-53(57-54)39-21-9-3-10-22-39/h1-28,30,32-35,42H,29,31H2. The molecule has 11 aromatic rings. The van der Waals surface area contributed by atoms with E-state index in [1.54, 1.807) is 0 Å². The third-order valence-electron chi connectivity index (χ3n) is 11.5. The highest BCUT2D eigenvalue weighted by atomic mass is 16.3. The molecule has 0 aliphatic carbocycles. The molecule has 5 heteroatoms. The lowest BCUT2D eigenvalue weighted by molar-refractivity contribution is 0.666. The number of benzene rings is 8. The van der Waals surface area contributed by atoms with Crippen LogP contribution >= 0.6 is 0 Å². The molecule has 280 valence electrons. The van der Waals surface area contributed by atoms with Gasteiger partial charge in [0, 0.05) is 49.8 Å². The first kappa shape index (κ1) is 34.6. The van der Waals surface area contributed by atoms with Crippen molar-refractivity contribution in [1.82, 2.24) is 19.5 Å². The molecule has 0 amide bonds. The molecule has 1 unspecified atom stereocenters. The van der Waals surface area contributed by atoms with E-state index in [1.807, 2.05) is 72.8 Å². The lowest BCUT2D eigenvalue weighted by atomic mass is 9.85. The van der Waals surface area contributed by atoms with Crippen LogP contribution in [0.1, 0.15) is 29.0 Å². The third kappa shape index (κ3) is 6.34. The second-order valence-electron chi connectivity index (χ2n) is 15.1. The lowest BCUT2D eigenvalue weighted by Crippen LogP contribution is -2.04. The Morgan fingerprint density at radius 2 is 1.02 bits per heavy atom. The van der Waals surface area contributed by atoms with E-state index in [9.17, 15) is 0 Å². The van der Waals surface area contributed by atoms with Gasteiger partial charge in [0.2, 0.25) is 0 Å². The molecular formula is C54H38N4O. The molecule has 0 aliphatic rings. The Labute approximate surface area is 341 Å². The molecule has 0 spiro atoms. The first-order valence-electron chi connectivity index (χ1n) is 20.2. The van der Waals surface area contributed by atoms with Gasteiger partial charge in [-0.2, -0.15) is 0 Å². The topological polar surface area (TPSA) is 56.7 Å². The summed E-state index contributed by atoms with van der Waals surface area (Å²) in [5.74, 6) is 2.04. The molecule has 0 bridgehead atoms. The molecule has 0 fully saturated rings. The van der Waals surface area contributed by atoms with Gasteiger partial charge in [-0.25, -0.2) is 15.0 Å². The van der Waals surface area contributed by atoms with Gasteiger partial charge in [0.15, 0.2) is 17.5 Å². The van der Waals surface area contributed by atoms with E-state index in [-0.39, 0.29) is 5.92 Å². The van der Waals surface area contributed by atoms with Crippen LogP contribution in [-0.4, -0.2) is 19.5 Å². The van der Waals surface area contributed by atoms with Crippen LogP contribution in [0, 0.1) is 0 Å². The highest BCUT2D eigenvalue weighted by Crippen LogP contribution is 2.40. The average molecular weight is 759 g/mol. The van der Waals surface area contributed by atoms with E-state index in [0.29, 0.717) is 17.5 Å². The van der Waals surface area contributed by atoms with Crippen LogP contribution in [-0.2, 0) is 6.42 Å². The molecule has 11 rings (SSSR count). The summed E-state index contributed by atoms with van der Waals surface area (Å²) in [6.07, 6.45) is 1.70. The summed E-state index contributed by atoms with van der Waals surface area (Å²) >= 11 is 0. The molecule has 0 aliphatic heterocycles. The van der Waals surface area contributed by atoms with Crippen LogP contribution in [0.2, 0.25) is 0 Å². The van der Waals surface area contributed by atoms with Crippen molar-refractivity contribution in [2.75, 3.05) is 0 Å². The predicted molar refractivity (Wildman–Crippen MR) is 241 cm³/mol. The molecular weight excluding hydrogens is 721 g/mol. The SMILES string of the molecule is c1ccc(-c2nc(-c3ccccc3)nc(-c3cc(CCC(c4ccccc4)c4ccc5c(c4)c4ccccc4n5-c4ccccc4)cc4oc5ccccc5c34)n2)cc1. The van der Waals surface area contributed by atoms with Crippen LogP contribution < -0.4 is 0 Å². The van der Waals surface area contributed by atoms with Crippen LogP contribution in [0.25, 0.3) is 83.6 Å². The van der Waals surface area contributed by atoms with Crippen LogP contribution in [0.4, 0.5) is 0 Å². The third-order valence-corrected chi connectivity index (χ3v) is 11.5. The summed E-state index contributed by atoms with van der Waals surface area (Å²) in [4.78, 5) is 15.3. The summed E-state index contributed by atoms with van der Waals surface area (Å²) in [5.41, 5.74) is 11.8. The second kappa shape index (κ2) is 14.7. The largest absolute Gasteiger partial charge is 0.456 e. The van der Waals surface area contributed by atoms with Crippen molar-refractivity contribution in [2.45, 2.75) is 18.8 Å². The Hall–Kier alpha value is -7.63. The van der Waals surface area contributed by atoms with Crippen LogP contribution in [0.15, 0.2) is 205 Å². The van der Waals surface area contributed by atoms with Gasteiger partial charge in [-0.05, 0) is 78.1 Å². The van der Waals surface area contributed by atoms with Crippen molar-refractivity contribution < 1.29 is 4.42 Å². The molecule has 1 atom stereocenters. The van der Waals surface area contributed by atoms with Crippen molar-refractivity contribution in [3.63, 3.8) is 0 Å². The number of aryl methyl sites for hydroxylation is 1. The minimum Gasteiger partial charge on any atom is -0.456 e. The number of fused-ring (bicyclic) bond motifs is 6. The zero-order valence-corrected chi connectivity index (χ0v) is 32.2. The Balaban J connectivity index is 1.05. The number of hydrogen-bond donors (Lipinski definition) is 0. The van der Waals surface area contributed by atoms with E-state index in [4.69, 9.17) is 19.4 Å². The molecule has 5 nitrogen and oxygen atoms in total. The Kier molecular flexibility index (Phi) is 8.63. The second-order valence-corrected chi connectivity index (χ2v) is 15.1. The fourth-order valence-electron chi connectivity index (χ4n) is 8.75. The summed E-state index contributed by atoms with van der Waals surface area (Å²) in [7, 11) is 0. The summed E-state index contributed by atoms with van der Waals surface area (Å²) in [5, 5.41) is 4.56. The molecule has 0 radical (unpaired) electrons. The van der Waals surface area contributed by atoms with Gasteiger partial charge in [-0.1, -0.05) is 152 Å². The van der Waals surface area contributed by atoms with E-state index < -0.39 is 0 Å². The van der Waals surface area contributed by atoms with Crippen molar-refractivity contribution in [1.29, 1.82) is 0 Å². The maximum Gasteiger partial charge on any atom is 0.164 e. The predicted octanol–water partition coefficient (Wildman–Crippen LogP) is 13.6. The number of furan rings is 1. The Morgan fingerprint density at radius 1 is 0.441 bits per heavy atom. The summed E-state index contributed by atoms with van der Waals surface area (Å²) in [6.45, 7) is 0. The minimum absolute atomic E-state index is 0.154. The minimum atomic E-state index is 0.154. The molecule has 8 aromatic carbocycles. The highest BCUT2D eigenvalue weighted by molar-refractivity contribution is 6.12. The fourth-order valence-corrected chi connectivity index (χ4v) is 8.75. The number of nitrogens with zero attached hydrogens (tertiary/aromatic N) is 4. The monoisotopic (exact) mass is 758 g/mol. The van der Waals surface area contributed by atoms with Crippen LogP contribution in [0.5, 0.6) is 0 Å². The highest BCUT2D eigenvalue weighted by Gasteiger charge is 2.22. The maximum atomic E-state index is 6.62. The van der Waals surface area contributed by atoms with Gasteiger partial charge in [0.25, 0.3) is 0 Å². The first-order chi connectivity index (χ1) is 29.2. The number of rotatable bonds is 9. The first-order valence-corrected chi connectivity index (χ1v) is 20.2. The molecule has 0 saturated carbocycles. The zero-order valence-electron chi connectivity index (χ0n) is 32.2. The molecule has 3 aromatic heterocycles. The number of aromatic nitrogens is 4. The lowest BCUT2D eigenvalue weighted by Gasteiger charge is -2.19. The van der Waals surface area contributed by atoms with Gasteiger partial charge >= 0.3 is 0 Å². The van der Waals surface area contributed by atoms with Gasteiger partial charge in [-0.3, -0.25) is 0 Å². The quantitative estimate of drug-likeness (QED) is 0.147. The fraction of sp³-hybridized carbons (Fsp3) is 0.0556. The number of para-hydroxylation sites is 3. The van der Waals surface area contributed by atoms with Crippen molar-refractivity contribution in [3.05, 3.63) is 217 Å². The number of hydrogen-bond acceptors (Lipinski definition) is 4. The summed E-state index contributed by atoms with van der Waals surface area (Å²) < 4.78 is 8.99. The molecule has 59 heavy (non-hydrogen) atoms. The summed E-state index contributed by atoms with van der Waals surface area (Å²) in [6, 6.07) is 70.4. The smallest absolute Gasteiger partial charge is 0.164 e. The zero-order chi connectivity index (χ0) is 39.1. The van der Waals surface area contributed by atoms with E-state index in [0.717, 1.165) is 62.7 Å². The van der Waals surface area contributed by atoms with Gasteiger partial charge in [0.05, 0.1) is 11.0 Å². The molecule has 0 saturated heterocycles. The Bertz CT molecular complexity index is 3210. The van der Waals surface area contributed by atoms with Gasteiger partial charge in [-0.15, -0.1) is 0 Å². The van der Waals surface area contributed by atoms with E-state index in [2.05, 4.69) is 132 Å². The van der Waals surface area contributed by atoms with Crippen molar-refractivity contribution in [3.8, 4) is 39.9 Å². The van der Waals surface area contributed by atoms with E-state index >= 15 is 0 Å². The normalized spacial score (nSPS) is 12.1. The van der Waals surface area contributed by atoms with Gasteiger partial charge in [0.1, 0.15) is 11.2 Å². The molecule has 0 N–H and O–H groups in total. The van der Waals surface area contributed by atoms with Crippen molar-refractivity contribution >= 4 is 43.7 Å². The van der Waals surface area contributed by atoms with Gasteiger partial charge < -0.3 is 8.98 Å². The van der Waals surface area contributed by atoms with Crippen LogP contribution in [0.3, 0.4) is 0 Å². The van der Waals surface area contributed by atoms with E-state index in [1.165, 1.54) is 32.9 Å². The Morgan fingerprint density at radius 3 is 1.73 bits per heavy atom. The average Bonchev–Trinajstić information content (AvgIpc) is 3.85. The van der Waals surface area contributed by atoms with Crippen molar-refractivity contribution in [2.24, 2.45) is 0 Å². The maximum absolute atomic E-state index is 6.62. The molecule has 3 heterocycles.